The molecular formula is C13H23NO3. The highest BCUT2D eigenvalue weighted by Crippen LogP contribution is 2.05. The summed E-state index contributed by atoms with van der Waals surface area (Å²) in [7, 11) is 0. The van der Waals surface area contributed by atoms with Gasteiger partial charge in [0.05, 0.1) is 6.61 Å². The van der Waals surface area contributed by atoms with Gasteiger partial charge >= 0.3 is 5.97 Å². The van der Waals surface area contributed by atoms with Gasteiger partial charge in [0.25, 0.3) is 0 Å². The molecule has 0 N–H and O–H groups in total. The van der Waals surface area contributed by atoms with Crippen molar-refractivity contribution in [2.75, 3.05) is 13.2 Å². The summed E-state index contributed by atoms with van der Waals surface area (Å²) in [4.78, 5) is 24.8. The van der Waals surface area contributed by atoms with Crippen molar-refractivity contribution in [1.82, 2.24) is 4.90 Å². The third kappa shape index (κ3) is 5.52. The van der Waals surface area contributed by atoms with Gasteiger partial charge in [-0.3, -0.25) is 4.79 Å². The van der Waals surface area contributed by atoms with E-state index >= 15 is 0 Å². The lowest BCUT2D eigenvalue weighted by atomic mass is 10.2. The molecule has 0 aliphatic carbocycles. The summed E-state index contributed by atoms with van der Waals surface area (Å²) in [5.74, 6) is -0.302. The third-order valence-electron chi connectivity index (χ3n) is 2.29. The molecule has 0 heterocycles. The number of ether oxygens (including phenoxy) is 1. The topological polar surface area (TPSA) is 46.6 Å². The van der Waals surface area contributed by atoms with Crippen LogP contribution in [-0.4, -0.2) is 36.0 Å². The van der Waals surface area contributed by atoms with Gasteiger partial charge in [-0.2, -0.15) is 0 Å². The fourth-order valence-electron chi connectivity index (χ4n) is 1.35. The van der Waals surface area contributed by atoms with Crippen molar-refractivity contribution >= 4 is 11.9 Å². The lowest BCUT2D eigenvalue weighted by Gasteiger charge is -2.26. The van der Waals surface area contributed by atoms with Gasteiger partial charge in [-0.1, -0.05) is 27.4 Å². The normalized spacial score (nSPS) is 12.1. The number of esters is 1. The molecule has 0 rings (SSSR count). The minimum atomic E-state index is -0.556. The Hall–Kier alpha value is -1.32. The van der Waals surface area contributed by atoms with Crippen molar-refractivity contribution < 1.29 is 14.3 Å². The zero-order chi connectivity index (χ0) is 13.4. The molecule has 0 aliphatic rings. The summed E-state index contributed by atoms with van der Waals surface area (Å²) in [5.41, 5.74) is 0. The fraction of sp³-hybridized carbons (Fsp3) is 0.692. The van der Waals surface area contributed by atoms with E-state index in [0.29, 0.717) is 19.1 Å². The Morgan fingerprint density at radius 1 is 1.35 bits per heavy atom. The fourth-order valence-corrected chi connectivity index (χ4v) is 1.35. The largest absolute Gasteiger partial charge is 0.464 e. The van der Waals surface area contributed by atoms with Crippen LogP contribution in [0.25, 0.3) is 0 Å². The molecule has 0 saturated heterocycles. The SMILES string of the molecule is C=CC(=O)N(CCC)C(C)C(=O)OCC(C)C. The first-order chi connectivity index (χ1) is 7.93. The van der Waals surface area contributed by atoms with Crippen LogP contribution in [0.15, 0.2) is 12.7 Å². The van der Waals surface area contributed by atoms with Crippen LogP contribution < -0.4 is 0 Å². The highest BCUT2D eigenvalue weighted by molar-refractivity contribution is 5.91. The van der Waals surface area contributed by atoms with Crippen LogP contribution in [0.1, 0.15) is 34.1 Å². The molecule has 1 atom stereocenters. The number of hydrogen-bond acceptors (Lipinski definition) is 3. The first kappa shape index (κ1) is 15.7. The second-order valence-electron chi connectivity index (χ2n) is 4.44. The molecule has 0 bridgehead atoms. The summed E-state index contributed by atoms with van der Waals surface area (Å²) >= 11 is 0. The molecule has 4 heteroatoms. The molecule has 0 fully saturated rings. The lowest BCUT2D eigenvalue weighted by molar-refractivity contribution is -0.154. The monoisotopic (exact) mass is 241 g/mol. The van der Waals surface area contributed by atoms with Crippen LogP contribution >= 0.6 is 0 Å². The van der Waals surface area contributed by atoms with Crippen LogP contribution in [0.4, 0.5) is 0 Å². The van der Waals surface area contributed by atoms with Gasteiger partial charge in [0, 0.05) is 6.54 Å². The van der Waals surface area contributed by atoms with Gasteiger partial charge in [-0.15, -0.1) is 0 Å². The van der Waals surface area contributed by atoms with Gasteiger partial charge in [-0.25, -0.2) is 4.79 Å². The Bertz CT molecular complexity index is 274. The van der Waals surface area contributed by atoms with Gasteiger partial charge in [0.1, 0.15) is 6.04 Å². The van der Waals surface area contributed by atoms with E-state index in [4.69, 9.17) is 4.74 Å². The maximum Gasteiger partial charge on any atom is 0.328 e. The van der Waals surface area contributed by atoms with Gasteiger partial charge in [-0.05, 0) is 25.3 Å². The maximum absolute atomic E-state index is 11.7. The molecule has 0 saturated carbocycles. The van der Waals surface area contributed by atoms with Crippen molar-refractivity contribution in [2.45, 2.75) is 40.2 Å². The minimum Gasteiger partial charge on any atom is -0.464 e. The van der Waals surface area contributed by atoms with Crippen LogP contribution in [0.5, 0.6) is 0 Å². The minimum absolute atomic E-state index is 0.235. The predicted molar refractivity (Wildman–Crippen MR) is 67.5 cm³/mol. The molecule has 1 unspecified atom stereocenters. The first-order valence-electron chi connectivity index (χ1n) is 6.03. The Kier molecular flexibility index (Phi) is 7.26. The van der Waals surface area contributed by atoms with Crippen molar-refractivity contribution in [3.63, 3.8) is 0 Å². The average molecular weight is 241 g/mol. The summed E-state index contributed by atoms with van der Waals surface area (Å²) in [6, 6.07) is -0.556. The molecule has 0 aromatic rings. The summed E-state index contributed by atoms with van der Waals surface area (Å²) in [6.45, 7) is 11.9. The zero-order valence-corrected chi connectivity index (χ0v) is 11.2. The number of rotatable bonds is 7. The van der Waals surface area contributed by atoms with Crippen LogP contribution in [0.2, 0.25) is 0 Å². The maximum atomic E-state index is 11.7. The molecule has 4 nitrogen and oxygen atoms in total. The second-order valence-corrected chi connectivity index (χ2v) is 4.44. The van der Waals surface area contributed by atoms with Crippen LogP contribution in [-0.2, 0) is 14.3 Å². The zero-order valence-electron chi connectivity index (χ0n) is 11.2. The van der Waals surface area contributed by atoms with Crippen LogP contribution in [0.3, 0.4) is 0 Å². The van der Waals surface area contributed by atoms with E-state index in [0.717, 1.165) is 6.42 Å². The van der Waals surface area contributed by atoms with E-state index in [1.165, 1.54) is 11.0 Å². The highest BCUT2D eigenvalue weighted by Gasteiger charge is 2.24. The second kappa shape index (κ2) is 7.87. The van der Waals surface area contributed by atoms with Crippen molar-refractivity contribution in [1.29, 1.82) is 0 Å². The summed E-state index contributed by atoms with van der Waals surface area (Å²) in [5, 5.41) is 0. The first-order valence-corrected chi connectivity index (χ1v) is 6.03. The van der Waals surface area contributed by atoms with Crippen molar-refractivity contribution in [3.8, 4) is 0 Å². The van der Waals surface area contributed by atoms with Gasteiger partial charge < -0.3 is 9.64 Å². The van der Waals surface area contributed by atoms with E-state index in [-0.39, 0.29) is 11.9 Å². The molecular weight excluding hydrogens is 218 g/mol. The molecule has 17 heavy (non-hydrogen) atoms. The Labute approximate surface area is 104 Å². The number of carbonyl (C=O) groups is 2. The Morgan fingerprint density at radius 3 is 2.35 bits per heavy atom. The highest BCUT2D eigenvalue weighted by atomic mass is 16.5. The Morgan fingerprint density at radius 2 is 1.94 bits per heavy atom. The summed E-state index contributed by atoms with van der Waals surface area (Å²) < 4.78 is 5.12. The number of nitrogens with zero attached hydrogens (tertiary/aromatic N) is 1. The van der Waals surface area contributed by atoms with Crippen molar-refractivity contribution in [3.05, 3.63) is 12.7 Å². The standard InChI is InChI=1S/C13H23NO3/c1-6-8-14(12(15)7-2)11(5)13(16)17-9-10(3)4/h7,10-11H,2,6,8-9H2,1,3-5H3. The van der Waals surface area contributed by atoms with E-state index in [1.807, 2.05) is 20.8 Å². The molecule has 98 valence electrons. The van der Waals surface area contributed by atoms with Crippen LogP contribution in [0, 0.1) is 5.92 Å². The quantitative estimate of drug-likeness (QED) is 0.506. The lowest BCUT2D eigenvalue weighted by Crippen LogP contribution is -2.44. The predicted octanol–water partition coefficient (Wildman–Crippen LogP) is 2.00. The van der Waals surface area contributed by atoms with E-state index < -0.39 is 6.04 Å². The molecule has 0 aromatic carbocycles. The van der Waals surface area contributed by atoms with E-state index in [9.17, 15) is 9.59 Å². The molecule has 0 radical (unpaired) electrons. The summed E-state index contributed by atoms with van der Waals surface area (Å²) in [6.07, 6.45) is 2.02. The van der Waals surface area contributed by atoms with Gasteiger partial charge in [0.15, 0.2) is 0 Å². The Balaban J connectivity index is 4.48. The third-order valence-corrected chi connectivity index (χ3v) is 2.29. The number of hydrogen-bond donors (Lipinski definition) is 0. The number of carbonyl (C=O) groups excluding carboxylic acids is 2. The van der Waals surface area contributed by atoms with E-state index in [2.05, 4.69) is 6.58 Å². The number of amides is 1. The molecule has 1 amide bonds. The molecule has 0 spiro atoms. The smallest absolute Gasteiger partial charge is 0.328 e. The molecule has 0 aliphatic heterocycles. The van der Waals surface area contributed by atoms with Crippen molar-refractivity contribution in [2.24, 2.45) is 5.92 Å². The van der Waals surface area contributed by atoms with E-state index in [1.54, 1.807) is 6.92 Å². The molecule has 0 aromatic heterocycles. The average Bonchev–Trinajstić information content (AvgIpc) is 2.31. The van der Waals surface area contributed by atoms with Gasteiger partial charge in [0.2, 0.25) is 5.91 Å².